The van der Waals surface area contributed by atoms with E-state index in [2.05, 4.69) is 5.32 Å². The average Bonchev–Trinajstić information content (AvgIpc) is 2.25. The lowest BCUT2D eigenvalue weighted by molar-refractivity contribution is -0.388. The summed E-state index contributed by atoms with van der Waals surface area (Å²) in [5.74, 6) is -1.12. The predicted molar refractivity (Wildman–Crippen MR) is 64.7 cm³/mol. The van der Waals surface area contributed by atoms with E-state index in [0.717, 1.165) is 22.5 Å². The first-order valence-electron chi connectivity index (χ1n) is 5.47. The van der Waals surface area contributed by atoms with Gasteiger partial charge in [-0.25, -0.2) is 12.8 Å². The van der Waals surface area contributed by atoms with Crippen molar-refractivity contribution in [3.63, 3.8) is 0 Å². The highest BCUT2D eigenvalue weighted by molar-refractivity contribution is 7.89. The third-order valence-electron chi connectivity index (χ3n) is 3.05. The van der Waals surface area contributed by atoms with Crippen molar-refractivity contribution < 1.29 is 17.7 Å². The Morgan fingerprint density at radius 3 is 2.58 bits per heavy atom. The van der Waals surface area contributed by atoms with Gasteiger partial charge in [0.15, 0.2) is 4.90 Å². The Balaban J connectivity index is 2.53. The van der Waals surface area contributed by atoms with Crippen LogP contribution in [0.2, 0.25) is 0 Å². The van der Waals surface area contributed by atoms with E-state index in [9.17, 15) is 22.9 Å². The molecule has 1 aromatic rings. The standard InChI is InChI=1S/C10H12FN3O4S/c1-13(7-5-12-6-7)19(17,18)10-8(11)3-2-4-9(10)14(15)16/h2-4,7,12H,5-6H2,1H3. The Morgan fingerprint density at radius 2 is 2.11 bits per heavy atom. The SMILES string of the molecule is CN(C1CNC1)S(=O)(=O)c1c(F)cccc1[N+](=O)[O-]. The second-order valence-corrected chi connectivity index (χ2v) is 6.11. The Hall–Kier alpha value is -1.58. The molecule has 0 saturated carbocycles. The molecule has 1 N–H and O–H groups in total. The average molecular weight is 289 g/mol. The molecule has 1 fully saturated rings. The summed E-state index contributed by atoms with van der Waals surface area (Å²) in [4.78, 5) is 9.06. The third kappa shape index (κ3) is 2.31. The minimum absolute atomic E-state index is 0.316. The van der Waals surface area contributed by atoms with E-state index in [1.165, 1.54) is 7.05 Å². The zero-order valence-corrected chi connectivity index (χ0v) is 10.9. The Labute approximate surface area is 109 Å². The lowest BCUT2D eigenvalue weighted by Gasteiger charge is -2.34. The maximum atomic E-state index is 13.7. The fraction of sp³-hybridized carbons (Fsp3) is 0.400. The topological polar surface area (TPSA) is 92.6 Å². The zero-order valence-electron chi connectivity index (χ0n) is 10.0. The second-order valence-electron chi connectivity index (χ2n) is 4.18. The van der Waals surface area contributed by atoms with Gasteiger partial charge in [-0.2, -0.15) is 4.31 Å². The van der Waals surface area contributed by atoms with E-state index in [-0.39, 0.29) is 6.04 Å². The normalized spacial score (nSPS) is 16.4. The number of halogens is 1. The molecule has 1 saturated heterocycles. The molecule has 19 heavy (non-hydrogen) atoms. The fourth-order valence-electron chi connectivity index (χ4n) is 1.77. The maximum Gasteiger partial charge on any atom is 0.292 e. The molecule has 1 aromatic carbocycles. The molecule has 1 aliphatic rings. The summed E-state index contributed by atoms with van der Waals surface area (Å²) in [6.45, 7) is 0.885. The summed E-state index contributed by atoms with van der Waals surface area (Å²) in [5.41, 5.74) is -0.751. The number of nitro groups is 1. The molecular formula is C10H12FN3O4S. The highest BCUT2D eigenvalue weighted by Gasteiger charge is 2.38. The molecule has 0 spiro atoms. The molecule has 1 heterocycles. The number of hydrogen-bond donors (Lipinski definition) is 1. The summed E-state index contributed by atoms with van der Waals surface area (Å²) in [5, 5.41) is 13.7. The zero-order chi connectivity index (χ0) is 14.2. The van der Waals surface area contributed by atoms with E-state index >= 15 is 0 Å². The molecule has 7 nitrogen and oxygen atoms in total. The monoisotopic (exact) mass is 289 g/mol. The van der Waals surface area contributed by atoms with Crippen LogP contribution in [0.5, 0.6) is 0 Å². The Morgan fingerprint density at radius 1 is 1.47 bits per heavy atom. The van der Waals surface area contributed by atoms with E-state index in [1.54, 1.807) is 0 Å². The number of hydrogen-bond acceptors (Lipinski definition) is 5. The molecule has 1 aliphatic heterocycles. The van der Waals surface area contributed by atoms with Crippen LogP contribution in [0.4, 0.5) is 10.1 Å². The number of sulfonamides is 1. The van der Waals surface area contributed by atoms with Crippen molar-refractivity contribution in [3.05, 3.63) is 34.1 Å². The first-order valence-corrected chi connectivity index (χ1v) is 6.91. The van der Waals surface area contributed by atoms with Gasteiger partial charge in [0.25, 0.3) is 15.7 Å². The van der Waals surface area contributed by atoms with Crippen molar-refractivity contribution in [3.8, 4) is 0 Å². The summed E-state index contributed by atoms with van der Waals surface area (Å²) < 4.78 is 39.2. The molecule has 0 aliphatic carbocycles. The lowest BCUT2D eigenvalue weighted by atomic mass is 10.2. The van der Waals surface area contributed by atoms with Crippen molar-refractivity contribution in [2.45, 2.75) is 10.9 Å². The number of nitrogens with zero attached hydrogens (tertiary/aromatic N) is 2. The quantitative estimate of drug-likeness (QED) is 0.637. The molecule has 104 valence electrons. The van der Waals surface area contributed by atoms with Crippen LogP contribution in [-0.2, 0) is 10.0 Å². The summed E-state index contributed by atoms with van der Waals surface area (Å²) in [6.07, 6.45) is 0. The van der Waals surface area contributed by atoms with Crippen LogP contribution in [0.1, 0.15) is 0 Å². The molecule has 9 heteroatoms. The number of likely N-dealkylation sites (N-methyl/N-ethyl adjacent to an activating group) is 1. The second kappa shape index (κ2) is 4.83. The Bertz CT molecular complexity index is 615. The van der Waals surface area contributed by atoms with Crippen molar-refractivity contribution in [1.29, 1.82) is 0 Å². The van der Waals surface area contributed by atoms with E-state index < -0.39 is 31.3 Å². The third-order valence-corrected chi connectivity index (χ3v) is 5.03. The number of benzene rings is 1. The minimum Gasteiger partial charge on any atom is -0.313 e. The van der Waals surface area contributed by atoms with Gasteiger partial charge in [-0.1, -0.05) is 6.07 Å². The number of rotatable bonds is 4. The summed E-state index contributed by atoms with van der Waals surface area (Å²) in [6, 6.07) is 2.66. The van der Waals surface area contributed by atoms with E-state index in [0.29, 0.717) is 13.1 Å². The van der Waals surface area contributed by atoms with Gasteiger partial charge >= 0.3 is 0 Å². The van der Waals surface area contributed by atoms with Gasteiger partial charge < -0.3 is 5.32 Å². The maximum absolute atomic E-state index is 13.7. The fourth-order valence-corrected chi connectivity index (χ4v) is 3.32. The first-order chi connectivity index (χ1) is 8.85. The van der Waals surface area contributed by atoms with E-state index in [4.69, 9.17) is 0 Å². The largest absolute Gasteiger partial charge is 0.313 e. The van der Waals surface area contributed by atoms with Crippen LogP contribution in [0.25, 0.3) is 0 Å². The summed E-state index contributed by atoms with van der Waals surface area (Å²) in [7, 11) is -2.94. The molecule has 0 aromatic heterocycles. The van der Waals surface area contributed by atoms with Crippen molar-refractivity contribution >= 4 is 15.7 Å². The van der Waals surface area contributed by atoms with Crippen molar-refractivity contribution in [1.82, 2.24) is 9.62 Å². The van der Waals surface area contributed by atoms with Gasteiger partial charge in [0.2, 0.25) is 0 Å². The van der Waals surface area contributed by atoms with Crippen molar-refractivity contribution in [2.24, 2.45) is 0 Å². The Kier molecular flexibility index (Phi) is 3.52. The number of nitro benzene ring substituents is 1. The minimum atomic E-state index is -4.23. The van der Waals surface area contributed by atoms with Crippen LogP contribution in [0, 0.1) is 15.9 Å². The van der Waals surface area contributed by atoms with Gasteiger partial charge in [0, 0.05) is 32.2 Å². The van der Waals surface area contributed by atoms with Crippen LogP contribution < -0.4 is 5.32 Å². The molecule has 0 radical (unpaired) electrons. The highest BCUT2D eigenvalue weighted by atomic mass is 32.2. The smallest absolute Gasteiger partial charge is 0.292 e. The molecular weight excluding hydrogens is 277 g/mol. The predicted octanol–water partition coefficient (Wildman–Crippen LogP) is 0.326. The molecule has 2 rings (SSSR count). The molecule has 0 bridgehead atoms. The van der Waals surface area contributed by atoms with Crippen molar-refractivity contribution in [2.75, 3.05) is 20.1 Å². The van der Waals surface area contributed by atoms with Crippen LogP contribution in [-0.4, -0.2) is 43.8 Å². The summed E-state index contributed by atoms with van der Waals surface area (Å²) >= 11 is 0. The van der Waals surface area contributed by atoms with Crippen LogP contribution >= 0.6 is 0 Å². The van der Waals surface area contributed by atoms with Gasteiger partial charge in [0.1, 0.15) is 5.82 Å². The molecule has 0 atom stereocenters. The van der Waals surface area contributed by atoms with Crippen LogP contribution in [0.15, 0.2) is 23.1 Å². The van der Waals surface area contributed by atoms with Gasteiger partial charge in [-0.05, 0) is 6.07 Å². The highest BCUT2D eigenvalue weighted by Crippen LogP contribution is 2.29. The van der Waals surface area contributed by atoms with E-state index in [1.807, 2.05) is 0 Å². The molecule has 0 amide bonds. The van der Waals surface area contributed by atoms with Crippen LogP contribution in [0.3, 0.4) is 0 Å². The first kappa shape index (κ1) is 13.8. The lowest BCUT2D eigenvalue weighted by Crippen LogP contribution is -2.57. The van der Waals surface area contributed by atoms with Gasteiger partial charge in [0.05, 0.1) is 4.92 Å². The van der Waals surface area contributed by atoms with Gasteiger partial charge in [-0.3, -0.25) is 10.1 Å². The number of nitrogens with one attached hydrogen (secondary N) is 1. The molecule has 0 unspecified atom stereocenters. The van der Waals surface area contributed by atoms with Gasteiger partial charge in [-0.15, -0.1) is 0 Å².